The molecule has 3 aromatic rings. The minimum absolute atomic E-state index is 0.185. The molecule has 2 aromatic heterocycles. The van der Waals surface area contributed by atoms with E-state index < -0.39 is 5.63 Å². The number of benzene rings is 1. The molecular formula is C9H4ClN3O2. The van der Waals surface area contributed by atoms with Crippen LogP contribution in [0.2, 0.25) is 5.02 Å². The average Bonchev–Trinajstić information content (AvgIpc) is 2.69. The topological polar surface area (TPSA) is 71.8 Å². The fourth-order valence-corrected chi connectivity index (χ4v) is 1.66. The molecule has 0 saturated heterocycles. The second kappa shape index (κ2) is 2.80. The van der Waals surface area contributed by atoms with E-state index >= 15 is 0 Å². The van der Waals surface area contributed by atoms with Crippen LogP contribution in [0, 0.1) is 0 Å². The summed E-state index contributed by atoms with van der Waals surface area (Å²) in [5.74, 6) is 0. The lowest BCUT2D eigenvalue weighted by Gasteiger charge is -1.96. The van der Waals surface area contributed by atoms with Gasteiger partial charge in [0, 0.05) is 10.4 Å². The normalized spacial score (nSPS) is 11.3. The Labute approximate surface area is 87.6 Å². The SMILES string of the molecule is O=c1oc2ccc(Cl)cc2c2n[nH]nc12. The molecule has 0 aliphatic heterocycles. The molecule has 0 radical (unpaired) electrons. The highest BCUT2D eigenvalue weighted by Crippen LogP contribution is 2.22. The zero-order chi connectivity index (χ0) is 10.4. The van der Waals surface area contributed by atoms with E-state index in [0.717, 1.165) is 0 Å². The van der Waals surface area contributed by atoms with Gasteiger partial charge in [0.2, 0.25) is 0 Å². The maximum absolute atomic E-state index is 11.4. The van der Waals surface area contributed by atoms with E-state index in [1.54, 1.807) is 18.2 Å². The average molecular weight is 222 g/mol. The van der Waals surface area contributed by atoms with Gasteiger partial charge in [-0.1, -0.05) is 11.6 Å². The maximum atomic E-state index is 11.4. The Morgan fingerprint density at radius 2 is 2.07 bits per heavy atom. The molecule has 0 saturated carbocycles. The van der Waals surface area contributed by atoms with Gasteiger partial charge in [-0.2, -0.15) is 10.3 Å². The van der Waals surface area contributed by atoms with Crippen molar-refractivity contribution in [3.8, 4) is 0 Å². The molecule has 0 spiro atoms. The first-order valence-corrected chi connectivity index (χ1v) is 4.56. The van der Waals surface area contributed by atoms with Gasteiger partial charge in [0.1, 0.15) is 11.1 Å². The zero-order valence-corrected chi connectivity index (χ0v) is 8.08. The third kappa shape index (κ3) is 1.13. The minimum Gasteiger partial charge on any atom is -0.421 e. The Balaban J connectivity index is 2.67. The Morgan fingerprint density at radius 3 is 2.93 bits per heavy atom. The summed E-state index contributed by atoms with van der Waals surface area (Å²) >= 11 is 5.85. The van der Waals surface area contributed by atoms with E-state index in [1.807, 2.05) is 0 Å². The molecule has 0 amide bonds. The second-order valence-corrected chi connectivity index (χ2v) is 3.49. The number of aromatic amines is 1. The lowest BCUT2D eigenvalue weighted by atomic mass is 10.2. The lowest BCUT2D eigenvalue weighted by Crippen LogP contribution is -1.99. The van der Waals surface area contributed by atoms with Crippen molar-refractivity contribution in [2.75, 3.05) is 0 Å². The largest absolute Gasteiger partial charge is 0.421 e. The Bertz CT molecular complexity index is 716. The highest BCUT2D eigenvalue weighted by molar-refractivity contribution is 6.31. The number of halogens is 1. The maximum Gasteiger partial charge on any atom is 0.366 e. The molecular weight excluding hydrogens is 218 g/mol. The van der Waals surface area contributed by atoms with Crippen molar-refractivity contribution in [3.05, 3.63) is 33.6 Å². The lowest BCUT2D eigenvalue weighted by molar-refractivity contribution is 0.568. The van der Waals surface area contributed by atoms with Crippen LogP contribution in [0.5, 0.6) is 0 Å². The van der Waals surface area contributed by atoms with Crippen molar-refractivity contribution < 1.29 is 4.42 Å². The van der Waals surface area contributed by atoms with Crippen LogP contribution in [0.4, 0.5) is 0 Å². The molecule has 0 aliphatic rings. The molecule has 74 valence electrons. The van der Waals surface area contributed by atoms with Gasteiger partial charge >= 0.3 is 5.63 Å². The summed E-state index contributed by atoms with van der Waals surface area (Å²) in [6.45, 7) is 0. The minimum atomic E-state index is -0.506. The molecule has 0 bridgehead atoms. The van der Waals surface area contributed by atoms with Gasteiger partial charge in [0.15, 0.2) is 5.52 Å². The molecule has 5 nitrogen and oxygen atoms in total. The number of rotatable bonds is 0. The molecule has 0 atom stereocenters. The van der Waals surface area contributed by atoms with Crippen molar-refractivity contribution in [3.63, 3.8) is 0 Å². The highest BCUT2D eigenvalue weighted by atomic mass is 35.5. The standard InChI is InChI=1S/C9H4ClN3O2/c10-4-1-2-6-5(3-4)7-8(9(14)15-6)12-13-11-7/h1-3H,(H,11,12,13). The summed E-state index contributed by atoms with van der Waals surface area (Å²) in [5.41, 5.74) is 0.605. The first-order valence-electron chi connectivity index (χ1n) is 4.18. The molecule has 15 heavy (non-hydrogen) atoms. The van der Waals surface area contributed by atoms with E-state index in [9.17, 15) is 4.79 Å². The summed E-state index contributed by atoms with van der Waals surface area (Å²) in [6, 6.07) is 4.97. The summed E-state index contributed by atoms with van der Waals surface area (Å²) in [7, 11) is 0. The van der Waals surface area contributed by atoms with E-state index in [0.29, 0.717) is 21.5 Å². The summed E-state index contributed by atoms with van der Waals surface area (Å²) in [6.07, 6.45) is 0. The van der Waals surface area contributed by atoms with E-state index in [4.69, 9.17) is 16.0 Å². The predicted octanol–water partition coefficient (Wildman–Crippen LogP) is 1.72. The van der Waals surface area contributed by atoms with Crippen molar-refractivity contribution in [1.82, 2.24) is 15.4 Å². The van der Waals surface area contributed by atoms with Crippen molar-refractivity contribution >= 4 is 33.6 Å². The molecule has 0 unspecified atom stereocenters. The third-order valence-corrected chi connectivity index (χ3v) is 2.38. The van der Waals surface area contributed by atoms with Crippen LogP contribution >= 0.6 is 11.6 Å². The second-order valence-electron chi connectivity index (χ2n) is 3.05. The molecule has 6 heteroatoms. The summed E-state index contributed by atoms with van der Waals surface area (Å²) in [5, 5.41) is 11.2. The van der Waals surface area contributed by atoms with E-state index in [-0.39, 0.29) is 5.52 Å². The molecule has 2 heterocycles. The van der Waals surface area contributed by atoms with Crippen molar-refractivity contribution in [1.29, 1.82) is 0 Å². The number of nitrogens with zero attached hydrogens (tertiary/aromatic N) is 2. The summed E-state index contributed by atoms with van der Waals surface area (Å²) in [4.78, 5) is 11.4. The van der Waals surface area contributed by atoms with Crippen LogP contribution in [0.3, 0.4) is 0 Å². The highest BCUT2D eigenvalue weighted by Gasteiger charge is 2.10. The van der Waals surface area contributed by atoms with Crippen LogP contribution in [0.1, 0.15) is 0 Å². The van der Waals surface area contributed by atoms with E-state index in [1.165, 1.54) is 0 Å². The first kappa shape index (κ1) is 8.43. The van der Waals surface area contributed by atoms with Gasteiger partial charge in [-0.25, -0.2) is 4.79 Å². The number of nitrogens with one attached hydrogen (secondary N) is 1. The van der Waals surface area contributed by atoms with Crippen LogP contribution in [0.15, 0.2) is 27.4 Å². The first-order chi connectivity index (χ1) is 7.25. The molecule has 1 N–H and O–H groups in total. The molecule has 3 rings (SSSR count). The van der Waals surface area contributed by atoms with E-state index in [2.05, 4.69) is 15.4 Å². The fraction of sp³-hybridized carbons (Fsp3) is 0. The fourth-order valence-electron chi connectivity index (χ4n) is 1.49. The van der Waals surface area contributed by atoms with Gasteiger partial charge in [0.05, 0.1) is 0 Å². The van der Waals surface area contributed by atoms with Crippen LogP contribution in [-0.4, -0.2) is 15.4 Å². The predicted molar refractivity (Wildman–Crippen MR) is 54.9 cm³/mol. The Morgan fingerprint density at radius 1 is 1.27 bits per heavy atom. The zero-order valence-electron chi connectivity index (χ0n) is 7.32. The van der Waals surface area contributed by atoms with Crippen LogP contribution in [-0.2, 0) is 0 Å². The van der Waals surface area contributed by atoms with Gasteiger partial charge < -0.3 is 4.42 Å². The van der Waals surface area contributed by atoms with Gasteiger partial charge in [-0.3, -0.25) is 0 Å². The number of hydrogen-bond donors (Lipinski definition) is 1. The number of fused-ring (bicyclic) bond motifs is 3. The Kier molecular flexibility index (Phi) is 1.58. The quantitative estimate of drug-likeness (QED) is 0.587. The smallest absolute Gasteiger partial charge is 0.366 e. The van der Waals surface area contributed by atoms with Gasteiger partial charge in [0.25, 0.3) is 0 Å². The molecule has 1 aromatic carbocycles. The number of aromatic nitrogens is 3. The number of H-pyrrole nitrogens is 1. The Hall–Kier alpha value is -1.88. The van der Waals surface area contributed by atoms with Crippen molar-refractivity contribution in [2.24, 2.45) is 0 Å². The van der Waals surface area contributed by atoms with Crippen LogP contribution in [0.25, 0.3) is 22.0 Å². The van der Waals surface area contributed by atoms with Gasteiger partial charge in [-0.05, 0) is 18.2 Å². The monoisotopic (exact) mass is 221 g/mol. The number of hydrogen-bond acceptors (Lipinski definition) is 4. The van der Waals surface area contributed by atoms with Gasteiger partial charge in [-0.15, -0.1) is 5.10 Å². The summed E-state index contributed by atoms with van der Waals surface area (Å²) < 4.78 is 5.05. The third-order valence-electron chi connectivity index (χ3n) is 2.14. The molecule has 0 fully saturated rings. The van der Waals surface area contributed by atoms with Crippen molar-refractivity contribution in [2.45, 2.75) is 0 Å². The molecule has 0 aliphatic carbocycles. The van der Waals surface area contributed by atoms with Crippen LogP contribution < -0.4 is 5.63 Å².